The second-order valence-electron chi connectivity index (χ2n) is 6.03. The van der Waals surface area contributed by atoms with Crippen molar-refractivity contribution in [2.24, 2.45) is 0 Å². The molecule has 1 atom stereocenters. The first-order valence-electron chi connectivity index (χ1n) is 8.44. The summed E-state index contributed by atoms with van der Waals surface area (Å²) in [5, 5.41) is 2.80. The number of carbonyl (C=O) groups is 1. The Hall–Kier alpha value is -1.80. The highest BCUT2D eigenvalue weighted by molar-refractivity contribution is 7.89. The van der Waals surface area contributed by atoms with E-state index in [4.69, 9.17) is 9.47 Å². The Kier molecular flexibility index (Phi) is 6.66. The van der Waals surface area contributed by atoms with Gasteiger partial charge in [-0.25, -0.2) is 8.42 Å². The van der Waals surface area contributed by atoms with Gasteiger partial charge in [-0.05, 0) is 19.3 Å². The first-order chi connectivity index (χ1) is 11.9. The third-order valence-corrected chi connectivity index (χ3v) is 6.27. The van der Waals surface area contributed by atoms with E-state index in [2.05, 4.69) is 5.32 Å². The van der Waals surface area contributed by atoms with Gasteiger partial charge >= 0.3 is 0 Å². The number of rotatable bonds is 7. The fourth-order valence-corrected chi connectivity index (χ4v) is 4.73. The maximum Gasteiger partial charge on any atom is 0.242 e. The second-order valence-corrected chi connectivity index (χ2v) is 8.07. The molecule has 1 unspecified atom stereocenters. The molecular weight excluding hydrogens is 344 g/mol. The molecule has 0 aliphatic carbocycles. The van der Waals surface area contributed by atoms with E-state index in [9.17, 15) is 13.2 Å². The third kappa shape index (κ3) is 4.85. The van der Waals surface area contributed by atoms with E-state index in [0.717, 1.165) is 12.8 Å². The molecule has 1 aromatic carbocycles. The number of hydrogen-bond donors (Lipinski definition) is 1. The molecule has 0 saturated carbocycles. The number of amides is 1. The van der Waals surface area contributed by atoms with Crippen molar-refractivity contribution < 1.29 is 22.7 Å². The van der Waals surface area contributed by atoms with Crippen LogP contribution in [0.2, 0.25) is 0 Å². The molecule has 0 radical (unpaired) electrons. The lowest BCUT2D eigenvalue weighted by Gasteiger charge is -2.33. The van der Waals surface area contributed by atoms with Crippen molar-refractivity contribution in [3.63, 3.8) is 0 Å². The van der Waals surface area contributed by atoms with E-state index in [1.165, 1.54) is 18.5 Å². The molecule has 1 amide bonds. The topological polar surface area (TPSA) is 84.9 Å². The summed E-state index contributed by atoms with van der Waals surface area (Å²) in [5.74, 6) is 0.834. The zero-order valence-electron chi connectivity index (χ0n) is 14.9. The number of methoxy groups -OCH3 is 2. The van der Waals surface area contributed by atoms with Gasteiger partial charge in [-0.15, -0.1) is 0 Å². The number of sulfonamides is 1. The van der Waals surface area contributed by atoms with Gasteiger partial charge in [-0.1, -0.05) is 13.3 Å². The maximum absolute atomic E-state index is 12.7. The van der Waals surface area contributed by atoms with Crippen molar-refractivity contribution in [2.45, 2.75) is 38.6 Å². The summed E-state index contributed by atoms with van der Waals surface area (Å²) in [6.45, 7) is 2.21. The molecule has 1 aliphatic heterocycles. The van der Waals surface area contributed by atoms with Crippen LogP contribution >= 0.6 is 0 Å². The summed E-state index contributed by atoms with van der Waals surface area (Å²) < 4.78 is 36.7. The lowest BCUT2D eigenvalue weighted by atomic mass is 10.0. The van der Waals surface area contributed by atoms with Crippen molar-refractivity contribution in [1.82, 2.24) is 4.31 Å². The van der Waals surface area contributed by atoms with Crippen molar-refractivity contribution >= 4 is 21.6 Å². The van der Waals surface area contributed by atoms with Gasteiger partial charge in [0.15, 0.2) is 0 Å². The minimum Gasteiger partial charge on any atom is -0.497 e. The molecule has 25 heavy (non-hydrogen) atoms. The highest BCUT2D eigenvalue weighted by Crippen LogP contribution is 2.27. The number of carbonyl (C=O) groups excluding carboxylic acids is 1. The molecule has 1 saturated heterocycles. The summed E-state index contributed by atoms with van der Waals surface area (Å²) >= 11 is 0. The van der Waals surface area contributed by atoms with Gasteiger partial charge in [-0.2, -0.15) is 4.31 Å². The molecule has 1 heterocycles. The molecule has 7 nitrogen and oxygen atoms in total. The van der Waals surface area contributed by atoms with E-state index in [1.54, 1.807) is 18.2 Å². The van der Waals surface area contributed by atoms with Gasteiger partial charge < -0.3 is 14.8 Å². The smallest absolute Gasteiger partial charge is 0.242 e. The first-order valence-corrected chi connectivity index (χ1v) is 10.1. The predicted molar refractivity (Wildman–Crippen MR) is 96.6 cm³/mol. The van der Waals surface area contributed by atoms with Crippen LogP contribution in [0.3, 0.4) is 0 Å². The van der Waals surface area contributed by atoms with Gasteiger partial charge in [0.1, 0.15) is 17.5 Å². The van der Waals surface area contributed by atoms with Crippen LogP contribution < -0.4 is 14.8 Å². The number of ether oxygens (including phenoxy) is 2. The van der Waals surface area contributed by atoms with E-state index < -0.39 is 16.1 Å². The van der Waals surface area contributed by atoms with E-state index in [0.29, 0.717) is 36.6 Å². The standard InChI is InChI=1S/C17H26N2O5S/c1-4-9-25(21,22)19-8-6-5-7-16(19)17(20)18-13-10-14(23-2)12-15(11-13)24-3/h10-12,16H,4-9H2,1-3H3,(H,18,20). The molecule has 0 spiro atoms. The Labute approximate surface area is 149 Å². The van der Waals surface area contributed by atoms with E-state index in [-0.39, 0.29) is 11.7 Å². The quantitative estimate of drug-likeness (QED) is 0.796. The predicted octanol–water partition coefficient (Wildman–Crippen LogP) is 2.24. The zero-order valence-corrected chi connectivity index (χ0v) is 15.8. The van der Waals surface area contributed by atoms with Crippen molar-refractivity contribution in [3.8, 4) is 11.5 Å². The lowest BCUT2D eigenvalue weighted by Crippen LogP contribution is -2.50. The highest BCUT2D eigenvalue weighted by atomic mass is 32.2. The molecule has 2 rings (SSSR count). The third-order valence-electron chi connectivity index (χ3n) is 4.19. The number of nitrogens with zero attached hydrogens (tertiary/aromatic N) is 1. The van der Waals surface area contributed by atoms with E-state index in [1.807, 2.05) is 6.92 Å². The average Bonchev–Trinajstić information content (AvgIpc) is 2.61. The van der Waals surface area contributed by atoms with Crippen LogP contribution in [0.15, 0.2) is 18.2 Å². The molecule has 1 aliphatic rings. The minimum atomic E-state index is -3.42. The zero-order chi connectivity index (χ0) is 18.4. The second kappa shape index (κ2) is 8.53. The fraction of sp³-hybridized carbons (Fsp3) is 0.588. The van der Waals surface area contributed by atoms with Gasteiger partial charge in [-0.3, -0.25) is 4.79 Å². The Morgan fingerprint density at radius 1 is 1.20 bits per heavy atom. The molecule has 140 valence electrons. The molecule has 1 fully saturated rings. The van der Waals surface area contributed by atoms with Crippen LogP contribution in [-0.2, 0) is 14.8 Å². The highest BCUT2D eigenvalue weighted by Gasteiger charge is 2.36. The summed E-state index contributed by atoms with van der Waals surface area (Å²) in [6, 6.07) is 4.37. The summed E-state index contributed by atoms with van der Waals surface area (Å²) in [6.07, 6.45) is 2.66. The summed E-state index contributed by atoms with van der Waals surface area (Å²) in [5.41, 5.74) is 0.514. The lowest BCUT2D eigenvalue weighted by molar-refractivity contribution is -0.120. The van der Waals surface area contributed by atoms with Crippen molar-refractivity contribution in [2.75, 3.05) is 31.8 Å². The van der Waals surface area contributed by atoms with Crippen LogP contribution in [0.25, 0.3) is 0 Å². The van der Waals surface area contributed by atoms with Crippen LogP contribution in [-0.4, -0.2) is 51.2 Å². The Bertz CT molecular complexity index is 683. The van der Waals surface area contributed by atoms with Crippen LogP contribution in [0.4, 0.5) is 5.69 Å². The summed E-state index contributed by atoms with van der Waals surface area (Å²) in [7, 11) is -0.366. The minimum absolute atomic E-state index is 0.0593. The first kappa shape index (κ1) is 19.5. The molecule has 0 aromatic heterocycles. The molecule has 1 N–H and O–H groups in total. The normalized spacial score (nSPS) is 18.6. The monoisotopic (exact) mass is 370 g/mol. The number of nitrogens with one attached hydrogen (secondary N) is 1. The molecule has 1 aromatic rings. The number of benzene rings is 1. The Balaban J connectivity index is 2.20. The van der Waals surface area contributed by atoms with Crippen molar-refractivity contribution in [1.29, 1.82) is 0 Å². The van der Waals surface area contributed by atoms with E-state index >= 15 is 0 Å². The Morgan fingerprint density at radius 2 is 1.84 bits per heavy atom. The molecule has 0 bridgehead atoms. The largest absolute Gasteiger partial charge is 0.497 e. The molecular formula is C17H26N2O5S. The van der Waals surface area contributed by atoms with Crippen LogP contribution in [0, 0.1) is 0 Å². The number of anilines is 1. The SMILES string of the molecule is CCCS(=O)(=O)N1CCCCC1C(=O)Nc1cc(OC)cc(OC)c1. The average molecular weight is 370 g/mol. The van der Waals surface area contributed by atoms with Gasteiger partial charge in [0.05, 0.1) is 20.0 Å². The number of hydrogen-bond acceptors (Lipinski definition) is 5. The van der Waals surface area contributed by atoms with Gasteiger partial charge in [0.25, 0.3) is 0 Å². The van der Waals surface area contributed by atoms with Crippen molar-refractivity contribution in [3.05, 3.63) is 18.2 Å². The summed E-state index contributed by atoms with van der Waals surface area (Å²) in [4.78, 5) is 12.7. The maximum atomic E-state index is 12.7. The van der Waals surface area contributed by atoms with Gasteiger partial charge in [0.2, 0.25) is 15.9 Å². The fourth-order valence-electron chi connectivity index (χ4n) is 2.98. The van der Waals surface area contributed by atoms with Gasteiger partial charge in [0, 0.05) is 30.4 Å². The number of piperidine rings is 1. The molecule has 8 heteroatoms. The van der Waals surface area contributed by atoms with Crippen LogP contribution in [0.1, 0.15) is 32.6 Å². The van der Waals surface area contributed by atoms with Crippen LogP contribution in [0.5, 0.6) is 11.5 Å². The Morgan fingerprint density at radius 3 is 2.40 bits per heavy atom.